The van der Waals surface area contributed by atoms with E-state index in [1.807, 2.05) is 0 Å². The Morgan fingerprint density at radius 1 is 1.54 bits per heavy atom. The van der Waals surface area contributed by atoms with Crippen LogP contribution in [0.25, 0.3) is 0 Å². The molecule has 1 saturated heterocycles. The van der Waals surface area contributed by atoms with Gasteiger partial charge >= 0.3 is 5.97 Å². The lowest BCUT2D eigenvalue weighted by atomic mass is 9.89. The van der Waals surface area contributed by atoms with Gasteiger partial charge in [0.1, 0.15) is 0 Å². The highest BCUT2D eigenvalue weighted by Crippen LogP contribution is 2.29. The first-order valence-corrected chi connectivity index (χ1v) is 5.35. The van der Waals surface area contributed by atoms with Gasteiger partial charge in [-0.05, 0) is 24.3 Å². The Balaban J connectivity index is 2.60. The van der Waals surface area contributed by atoms with Crippen LogP contribution in [0.2, 0.25) is 0 Å². The number of nitrogens with one attached hydrogen (secondary N) is 1. The van der Waals surface area contributed by atoms with Crippen LogP contribution in [0.15, 0.2) is 0 Å². The average Bonchev–Trinajstić information content (AvgIpc) is 2.04. The number of carboxylic acids is 1. The predicted octanol–water partition coefficient (Wildman–Crippen LogP) is 0.473. The normalized spacial score (nSPS) is 20.6. The summed E-state index contributed by atoms with van der Waals surface area (Å²) in [5, 5.41) is 11.3. The van der Waals surface area contributed by atoms with Gasteiger partial charge in [0.15, 0.2) is 0 Å². The molecule has 0 unspecified atom stereocenters. The van der Waals surface area contributed by atoms with E-state index >= 15 is 0 Å². The number of thioether (sulfide) groups is 1. The van der Waals surface area contributed by atoms with E-state index in [4.69, 9.17) is 5.11 Å². The van der Waals surface area contributed by atoms with Crippen molar-refractivity contribution < 1.29 is 14.7 Å². The third-order valence-electron chi connectivity index (χ3n) is 2.30. The predicted molar refractivity (Wildman–Crippen MR) is 50.7 cm³/mol. The lowest BCUT2D eigenvalue weighted by Gasteiger charge is -2.35. The molecule has 0 aliphatic carbocycles. The van der Waals surface area contributed by atoms with Crippen molar-refractivity contribution in [2.24, 2.45) is 0 Å². The van der Waals surface area contributed by atoms with Crippen LogP contribution in [-0.4, -0.2) is 34.5 Å². The minimum absolute atomic E-state index is 0.0340. The van der Waals surface area contributed by atoms with Gasteiger partial charge in [-0.3, -0.25) is 9.59 Å². The van der Waals surface area contributed by atoms with Gasteiger partial charge in [0, 0.05) is 0 Å². The third kappa shape index (κ3) is 2.91. The fourth-order valence-corrected chi connectivity index (χ4v) is 2.82. The molecule has 0 radical (unpaired) electrons. The van der Waals surface area contributed by atoms with Crippen LogP contribution in [0.4, 0.5) is 0 Å². The molecule has 1 aliphatic rings. The molecule has 74 valence electrons. The monoisotopic (exact) mass is 203 g/mol. The second-order valence-electron chi connectivity index (χ2n) is 3.23. The van der Waals surface area contributed by atoms with Gasteiger partial charge in [0.05, 0.1) is 12.0 Å². The van der Waals surface area contributed by atoms with Gasteiger partial charge in [-0.2, -0.15) is 11.8 Å². The van der Waals surface area contributed by atoms with Crippen LogP contribution in [0, 0.1) is 0 Å². The first-order chi connectivity index (χ1) is 6.18. The van der Waals surface area contributed by atoms with Crippen molar-refractivity contribution in [3.05, 3.63) is 0 Å². The zero-order valence-electron chi connectivity index (χ0n) is 7.28. The highest BCUT2D eigenvalue weighted by atomic mass is 32.2. The van der Waals surface area contributed by atoms with Crippen LogP contribution in [0.1, 0.15) is 19.3 Å². The fourth-order valence-electron chi connectivity index (χ4n) is 1.55. The van der Waals surface area contributed by atoms with Crippen molar-refractivity contribution in [1.29, 1.82) is 0 Å². The molecule has 0 aromatic rings. The maximum absolute atomic E-state index is 10.6. The number of carboxylic acid groups (broad SMARTS) is 1. The highest BCUT2D eigenvalue weighted by molar-refractivity contribution is 7.99. The minimum Gasteiger partial charge on any atom is -0.481 e. The van der Waals surface area contributed by atoms with Crippen molar-refractivity contribution in [2.75, 3.05) is 11.5 Å². The lowest BCUT2D eigenvalue weighted by Crippen LogP contribution is -2.48. The second kappa shape index (κ2) is 4.50. The molecule has 0 aromatic heterocycles. The van der Waals surface area contributed by atoms with Gasteiger partial charge in [-0.15, -0.1) is 0 Å². The Morgan fingerprint density at radius 3 is 2.62 bits per heavy atom. The summed E-state index contributed by atoms with van der Waals surface area (Å²) in [5.74, 6) is 1.00. The summed E-state index contributed by atoms with van der Waals surface area (Å²) < 4.78 is 0. The van der Waals surface area contributed by atoms with Gasteiger partial charge in [-0.1, -0.05) is 0 Å². The maximum atomic E-state index is 10.6. The number of carbonyl (C=O) groups is 2. The summed E-state index contributed by atoms with van der Waals surface area (Å²) in [4.78, 5) is 20.9. The number of aliphatic carboxylic acids is 1. The number of amides is 1. The van der Waals surface area contributed by atoms with Crippen LogP contribution in [0.3, 0.4) is 0 Å². The number of hydrogen-bond acceptors (Lipinski definition) is 3. The highest BCUT2D eigenvalue weighted by Gasteiger charge is 2.33. The Bertz CT molecular complexity index is 202. The lowest BCUT2D eigenvalue weighted by molar-refractivity contribution is -0.139. The molecular formula is C8H13NO3S. The van der Waals surface area contributed by atoms with Crippen LogP contribution in [-0.2, 0) is 9.59 Å². The van der Waals surface area contributed by atoms with Crippen molar-refractivity contribution >= 4 is 24.1 Å². The van der Waals surface area contributed by atoms with E-state index in [0.717, 1.165) is 24.3 Å². The topological polar surface area (TPSA) is 66.4 Å². The minimum atomic E-state index is -0.846. The van der Waals surface area contributed by atoms with E-state index in [-0.39, 0.29) is 6.42 Å². The standard InChI is InChI=1S/C8H13NO3S/c10-6-9-8(5-7(11)12)1-3-13-4-2-8/h6H,1-5H2,(H,9,10)(H,11,12). The zero-order chi connectivity index (χ0) is 9.73. The molecule has 0 saturated carbocycles. The second-order valence-corrected chi connectivity index (χ2v) is 4.45. The van der Waals surface area contributed by atoms with E-state index in [1.54, 1.807) is 11.8 Å². The Kier molecular flexibility index (Phi) is 3.59. The smallest absolute Gasteiger partial charge is 0.305 e. The number of carbonyl (C=O) groups excluding carboxylic acids is 1. The van der Waals surface area contributed by atoms with Crippen molar-refractivity contribution in [3.63, 3.8) is 0 Å². The summed E-state index contributed by atoms with van der Waals surface area (Å²) in [7, 11) is 0. The largest absolute Gasteiger partial charge is 0.481 e. The first-order valence-electron chi connectivity index (χ1n) is 4.19. The molecule has 0 bridgehead atoms. The molecule has 0 atom stereocenters. The van der Waals surface area contributed by atoms with Gasteiger partial charge in [0.25, 0.3) is 0 Å². The van der Waals surface area contributed by atoms with E-state index in [1.165, 1.54) is 0 Å². The SMILES string of the molecule is O=CNC1(CC(=O)O)CCSCC1. The van der Waals surface area contributed by atoms with Gasteiger partial charge < -0.3 is 10.4 Å². The van der Waals surface area contributed by atoms with E-state index in [2.05, 4.69) is 5.32 Å². The summed E-state index contributed by atoms with van der Waals surface area (Å²) in [5.41, 5.74) is -0.487. The molecule has 2 N–H and O–H groups in total. The number of hydrogen-bond donors (Lipinski definition) is 2. The molecule has 1 aliphatic heterocycles. The van der Waals surface area contributed by atoms with Gasteiger partial charge in [0.2, 0.25) is 6.41 Å². The summed E-state index contributed by atoms with van der Waals surface area (Å²) in [6.07, 6.45) is 2.15. The van der Waals surface area contributed by atoms with Crippen LogP contribution in [0.5, 0.6) is 0 Å². The average molecular weight is 203 g/mol. The Hall–Kier alpha value is -0.710. The molecule has 0 aromatic carbocycles. The summed E-state index contributed by atoms with van der Waals surface area (Å²) in [6.45, 7) is 0. The molecule has 1 rings (SSSR count). The first kappa shape index (κ1) is 10.4. The Morgan fingerprint density at radius 2 is 2.15 bits per heavy atom. The van der Waals surface area contributed by atoms with Crippen LogP contribution >= 0.6 is 11.8 Å². The molecule has 1 amide bonds. The van der Waals surface area contributed by atoms with Crippen molar-refractivity contribution in [1.82, 2.24) is 5.32 Å². The molecule has 5 heteroatoms. The number of rotatable bonds is 4. The maximum Gasteiger partial charge on any atom is 0.305 e. The van der Waals surface area contributed by atoms with Crippen LogP contribution < -0.4 is 5.32 Å². The van der Waals surface area contributed by atoms with Crippen molar-refractivity contribution in [3.8, 4) is 0 Å². The molecule has 1 fully saturated rings. The van der Waals surface area contributed by atoms with E-state index in [0.29, 0.717) is 6.41 Å². The fraction of sp³-hybridized carbons (Fsp3) is 0.750. The zero-order valence-corrected chi connectivity index (χ0v) is 8.10. The molecule has 1 heterocycles. The van der Waals surface area contributed by atoms with Gasteiger partial charge in [-0.25, -0.2) is 0 Å². The Labute approximate surface area is 81.1 Å². The summed E-state index contributed by atoms with van der Waals surface area (Å²) in [6, 6.07) is 0. The molecule has 13 heavy (non-hydrogen) atoms. The van der Waals surface area contributed by atoms with E-state index in [9.17, 15) is 9.59 Å². The molecule has 4 nitrogen and oxygen atoms in total. The van der Waals surface area contributed by atoms with E-state index < -0.39 is 11.5 Å². The third-order valence-corrected chi connectivity index (χ3v) is 3.29. The quantitative estimate of drug-likeness (QED) is 0.652. The summed E-state index contributed by atoms with van der Waals surface area (Å²) >= 11 is 1.80. The molecule has 0 spiro atoms. The molecular weight excluding hydrogens is 190 g/mol. The van der Waals surface area contributed by atoms with Crippen molar-refractivity contribution in [2.45, 2.75) is 24.8 Å².